The molecule has 0 aromatic heterocycles. The predicted octanol–water partition coefficient (Wildman–Crippen LogP) is 1.86. The maximum atomic E-state index is 13.2. The minimum atomic E-state index is -0.702. The highest BCUT2D eigenvalue weighted by Gasteiger charge is 2.11. The quantitative estimate of drug-likeness (QED) is 0.853. The molecule has 0 radical (unpaired) electrons. The number of halogens is 2. The summed E-state index contributed by atoms with van der Waals surface area (Å²) in [6.45, 7) is 2.25. The number of rotatable bonds is 4. The summed E-state index contributed by atoms with van der Waals surface area (Å²) in [5, 5.41) is 2.46. The van der Waals surface area contributed by atoms with Crippen molar-refractivity contribution in [2.75, 3.05) is 25.5 Å². The van der Waals surface area contributed by atoms with E-state index in [4.69, 9.17) is 0 Å². The minimum absolute atomic E-state index is 0.123. The summed E-state index contributed by atoms with van der Waals surface area (Å²) in [5.74, 6) is -1.62. The lowest BCUT2D eigenvalue weighted by molar-refractivity contribution is -0.127. The molecule has 16 heavy (non-hydrogen) atoms. The number of carbonyl (C=O) groups is 1. The van der Waals surface area contributed by atoms with E-state index in [-0.39, 0.29) is 18.1 Å². The highest BCUT2D eigenvalue weighted by molar-refractivity contribution is 5.80. The lowest BCUT2D eigenvalue weighted by Gasteiger charge is -2.15. The number of amides is 1. The number of nitrogens with zero attached hydrogens (tertiary/aromatic N) is 1. The van der Waals surface area contributed by atoms with Crippen molar-refractivity contribution in [3.8, 4) is 0 Å². The van der Waals surface area contributed by atoms with Gasteiger partial charge in [0.25, 0.3) is 0 Å². The Hall–Kier alpha value is -1.65. The highest BCUT2D eigenvalue weighted by atomic mass is 19.1. The molecule has 0 saturated heterocycles. The standard InChI is InChI=1S/C11H14F2N2O/c1-3-15(2)10(16)7-14-11-8(12)5-4-6-9(11)13/h4-6,14H,3,7H2,1-2H3. The molecule has 0 aliphatic carbocycles. The largest absolute Gasteiger partial charge is 0.371 e. The molecule has 3 nitrogen and oxygen atoms in total. The summed E-state index contributed by atoms with van der Waals surface area (Å²) in [7, 11) is 1.63. The molecule has 1 rings (SSSR count). The molecular weight excluding hydrogens is 214 g/mol. The van der Waals surface area contributed by atoms with Crippen molar-refractivity contribution in [2.24, 2.45) is 0 Å². The third-order valence-electron chi connectivity index (χ3n) is 2.28. The van der Waals surface area contributed by atoms with Crippen LogP contribution in [-0.4, -0.2) is 30.9 Å². The Morgan fingerprint density at radius 3 is 2.44 bits per heavy atom. The third kappa shape index (κ3) is 2.92. The van der Waals surface area contributed by atoms with Gasteiger partial charge >= 0.3 is 0 Å². The second-order valence-electron chi connectivity index (χ2n) is 3.36. The number of nitrogens with one attached hydrogen (secondary N) is 1. The number of likely N-dealkylation sites (N-methyl/N-ethyl adjacent to an activating group) is 1. The zero-order valence-corrected chi connectivity index (χ0v) is 9.26. The average molecular weight is 228 g/mol. The SMILES string of the molecule is CCN(C)C(=O)CNc1c(F)cccc1F. The van der Waals surface area contributed by atoms with E-state index in [1.54, 1.807) is 7.05 Å². The van der Waals surface area contributed by atoms with E-state index < -0.39 is 11.6 Å². The first-order chi connectivity index (χ1) is 7.56. The molecule has 0 unspecified atom stereocenters. The highest BCUT2D eigenvalue weighted by Crippen LogP contribution is 2.17. The van der Waals surface area contributed by atoms with Gasteiger partial charge in [-0.1, -0.05) is 6.07 Å². The Kier molecular flexibility index (Phi) is 4.22. The molecule has 0 saturated carbocycles. The van der Waals surface area contributed by atoms with Crippen LogP contribution in [0.3, 0.4) is 0 Å². The van der Waals surface area contributed by atoms with Gasteiger partial charge in [-0.25, -0.2) is 8.78 Å². The molecule has 0 aliphatic rings. The summed E-state index contributed by atoms with van der Waals surface area (Å²) < 4.78 is 26.3. The van der Waals surface area contributed by atoms with Crippen LogP contribution in [0.2, 0.25) is 0 Å². The summed E-state index contributed by atoms with van der Waals surface area (Å²) in [6.07, 6.45) is 0. The molecule has 0 atom stereocenters. The summed E-state index contributed by atoms with van der Waals surface area (Å²) in [6, 6.07) is 3.55. The van der Waals surface area contributed by atoms with Crippen molar-refractivity contribution in [2.45, 2.75) is 6.92 Å². The Bertz CT molecular complexity index is 362. The van der Waals surface area contributed by atoms with Crippen LogP contribution in [-0.2, 0) is 4.79 Å². The molecule has 0 spiro atoms. The zero-order chi connectivity index (χ0) is 12.1. The molecule has 5 heteroatoms. The maximum absolute atomic E-state index is 13.2. The van der Waals surface area contributed by atoms with Crippen LogP contribution in [0.15, 0.2) is 18.2 Å². The summed E-state index contributed by atoms with van der Waals surface area (Å²) in [5.41, 5.74) is -0.264. The van der Waals surface area contributed by atoms with E-state index in [1.165, 1.54) is 11.0 Å². The molecule has 1 aromatic carbocycles. The molecule has 1 amide bonds. The average Bonchev–Trinajstić information content (AvgIpc) is 2.27. The maximum Gasteiger partial charge on any atom is 0.241 e. The molecule has 1 N–H and O–H groups in total. The number of anilines is 1. The van der Waals surface area contributed by atoms with Gasteiger partial charge in [0.2, 0.25) is 5.91 Å². The van der Waals surface area contributed by atoms with Gasteiger partial charge in [-0.3, -0.25) is 4.79 Å². The number of para-hydroxylation sites is 1. The second kappa shape index (κ2) is 5.44. The fourth-order valence-corrected chi connectivity index (χ4v) is 1.14. The first kappa shape index (κ1) is 12.4. The van der Waals surface area contributed by atoms with E-state index in [0.717, 1.165) is 12.1 Å². The van der Waals surface area contributed by atoms with Crippen molar-refractivity contribution in [3.05, 3.63) is 29.8 Å². The smallest absolute Gasteiger partial charge is 0.241 e. The molecule has 0 heterocycles. The van der Waals surface area contributed by atoms with Gasteiger partial charge in [0, 0.05) is 13.6 Å². The van der Waals surface area contributed by atoms with Gasteiger partial charge in [0.1, 0.15) is 17.3 Å². The van der Waals surface area contributed by atoms with E-state index in [1.807, 2.05) is 6.92 Å². The number of hydrogen-bond acceptors (Lipinski definition) is 2. The Morgan fingerprint density at radius 2 is 1.94 bits per heavy atom. The summed E-state index contributed by atoms with van der Waals surface area (Å²) in [4.78, 5) is 12.9. The van der Waals surface area contributed by atoms with E-state index in [0.29, 0.717) is 6.54 Å². The van der Waals surface area contributed by atoms with Gasteiger partial charge in [0.15, 0.2) is 0 Å². The normalized spacial score (nSPS) is 10.0. The van der Waals surface area contributed by atoms with Crippen LogP contribution in [0, 0.1) is 11.6 Å². The fourth-order valence-electron chi connectivity index (χ4n) is 1.14. The molecule has 0 fully saturated rings. The van der Waals surface area contributed by atoms with Gasteiger partial charge in [-0.05, 0) is 19.1 Å². The fraction of sp³-hybridized carbons (Fsp3) is 0.364. The van der Waals surface area contributed by atoms with Gasteiger partial charge in [0.05, 0.1) is 6.54 Å². The van der Waals surface area contributed by atoms with Gasteiger partial charge < -0.3 is 10.2 Å². The lowest BCUT2D eigenvalue weighted by atomic mass is 10.3. The van der Waals surface area contributed by atoms with Crippen molar-refractivity contribution in [1.82, 2.24) is 4.90 Å². The van der Waals surface area contributed by atoms with Crippen LogP contribution in [0.25, 0.3) is 0 Å². The van der Waals surface area contributed by atoms with Gasteiger partial charge in [-0.15, -0.1) is 0 Å². The lowest BCUT2D eigenvalue weighted by Crippen LogP contribution is -2.32. The Morgan fingerprint density at radius 1 is 1.38 bits per heavy atom. The molecule has 0 aliphatic heterocycles. The molecule has 1 aromatic rings. The van der Waals surface area contributed by atoms with Gasteiger partial charge in [-0.2, -0.15) is 0 Å². The predicted molar refractivity (Wildman–Crippen MR) is 58.2 cm³/mol. The monoisotopic (exact) mass is 228 g/mol. The number of carbonyl (C=O) groups excluding carboxylic acids is 1. The second-order valence-corrected chi connectivity index (χ2v) is 3.36. The van der Waals surface area contributed by atoms with Crippen LogP contribution < -0.4 is 5.32 Å². The third-order valence-corrected chi connectivity index (χ3v) is 2.28. The number of benzene rings is 1. The van der Waals surface area contributed by atoms with E-state index >= 15 is 0 Å². The Balaban J connectivity index is 2.65. The van der Waals surface area contributed by atoms with Crippen LogP contribution in [0.5, 0.6) is 0 Å². The van der Waals surface area contributed by atoms with Crippen molar-refractivity contribution < 1.29 is 13.6 Å². The van der Waals surface area contributed by atoms with Crippen LogP contribution >= 0.6 is 0 Å². The minimum Gasteiger partial charge on any atom is -0.371 e. The first-order valence-electron chi connectivity index (χ1n) is 4.98. The molecule has 88 valence electrons. The number of hydrogen-bond donors (Lipinski definition) is 1. The van der Waals surface area contributed by atoms with Crippen molar-refractivity contribution >= 4 is 11.6 Å². The molecular formula is C11H14F2N2O. The van der Waals surface area contributed by atoms with Crippen molar-refractivity contribution in [1.29, 1.82) is 0 Å². The topological polar surface area (TPSA) is 32.3 Å². The van der Waals surface area contributed by atoms with Crippen molar-refractivity contribution in [3.63, 3.8) is 0 Å². The Labute approximate surface area is 93.1 Å². The van der Waals surface area contributed by atoms with Crippen LogP contribution in [0.4, 0.5) is 14.5 Å². The summed E-state index contributed by atoms with van der Waals surface area (Å²) >= 11 is 0. The molecule has 0 bridgehead atoms. The van der Waals surface area contributed by atoms with E-state index in [9.17, 15) is 13.6 Å². The zero-order valence-electron chi connectivity index (χ0n) is 9.26. The van der Waals surface area contributed by atoms with Crippen LogP contribution in [0.1, 0.15) is 6.92 Å². The first-order valence-corrected chi connectivity index (χ1v) is 4.98. The van der Waals surface area contributed by atoms with E-state index in [2.05, 4.69) is 5.32 Å².